The Morgan fingerprint density at radius 1 is 1.25 bits per heavy atom. The third-order valence-electron chi connectivity index (χ3n) is 4.03. The average Bonchev–Trinajstić information content (AvgIpc) is 3.34. The molecule has 1 atom stereocenters. The Kier molecular flexibility index (Phi) is 5.58. The average molecular weight is 403 g/mol. The van der Waals surface area contributed by atoms with E-state index < -0.39 is 0 Å². The van der Waals surface area contributed by atoms with Gasteiger partial charge in [0.05, 0.1) is 18.4 Å². The SMILES string of the molecule is Nc1nc(CSc2nnnn2C[C@H]2CCCO2)nc(Nc2ccc(F)cc2)n1. The monoisotopic (exact) mass is 403 g/mol. The lowest BCUT2D eigenvalue weighted by Crippen LogP contribution is -2.17. The Labute approximate surface area is 164 Å². The predicted molar refractivity (Wildman–Crippen MR) is 100 cm³/mol. The van der Waals surface area contributed by atoms with Crippen LogP contribution in [0, 0.1) is 5.82 Å². The van der Waals surface area contributed by atoms with E-state index in [0.717, 1.165) is 19.4 Å². The van der Waals surface area contributed by atoms with Crippen LogP contribution in [0.5, 0.6) is 0 Å². The first-order valence-corrected chi connectivity index (χ1v) is 9.68. The molecule has 0 spiro atoms. The molecule has 1 aromatic carbocycles. The van der Waals surface area contributed by atoms with Crippen LogP contribution in [0.25, 0.3) is 0 Å². The standard InChI is InChI=1S/C16H18FN9OS/c17-10-3-5-11(6-4-10)19-15-21-13(20-14(18)22-15)9-28-16-23-24-25-26(16)8-12-2-1-7-27-12/h3-6,12H,1-2,7-9H2,(H3,18,19,20,21,22)/t12-/m1/s1. The number of aromatic nitrogens is 7. The lowest BCUT2D eigenvalue weighted by atomic mass is 10.2. The third-order valence-corrected chi connectivity index (χ3v) is 4.98. The van der Waals surface area contributed by atoms with Gasteiger partial charge in [0.1, 0.15) is 11.6 Å². The van der Waals surface area contributed by atoms with Crippen molar-refractivity contribution in [2.75, 3.05) is 17.7 Å². The maximum Gasteiger partial charge on any atom is 0.232 e. The summed E-state index contributed by atoms with van der Waals surface area (Å²) in [6, 6.07) is 5.86. The highest BCUT2D eigenvalue weighted by Gasteiger charge is 2.19. The molecule has 0 amide bonds. The lowest BCUT2D eigenvalue weighted by Gasteiger charge is -2.10. The van der Waals surface area contributed by atoms with Crippen LogP contribution in [-0.4, -0.2) is 47.9 Å². The summed E-state index contributed by atoms with van der Waals surface area (Å²) >= 11 is 1.40. The molecule has 10 nitrogen and oxygen atoms in total. The number of ether oxygens (including phenoxy) is 1. The van der Waals surface area contributed by atoms with Crippen molar-refractivity contribution in [3.63, 3.8) is 0 Å². The van der Waals surface area contributed by atoms with Gasteiger partial charge in [-0.3, -0.25) is 0 Å². The fourth-order valence-electron chi connectivity index (χ4n) is 2.75. The first-order chi connectivity index (χ1) is 13.7. The van der Waals surface area contributed by atoms with Gasteiger partial charge in [-0.15, -0.1) is 5.10 Å². The van der Waals surface area contributed by atoms with Gasteiger partial charge in [-0.2, -0.15) is 15.0 Å². The highest BCUT2D eigenvalue weighted by Crippen LogP contribution is 2.22. The van der Waals surface area contributed by atoms with Crippen molar-refractivity contribution in [1.82, 2.24) is 35.2 Å². The van der Waals surface area contributed by atoms with E-state index in [0.29, 0.717) is 29.0 Å². The van der Waals surface area contributed by atoms with Crippen LogP contribution in [0.2, 0.25) is 0 Å². The van der Waals surface area contributed by atoms with Crippen molar-refractivity contribution >= 4 is 29.3 Å². The largest absolute Gasteiger partial charge is 0.376 e. The minimum atomic E-state index is -0.321. The lowest BCUT2D eigenvalue weighted by molar-refractivity contribution is 0.0912. The molecule has 0 bridgehead atoms. The Morgan fingerprint density at radius 2 is 2.11 bits per heavy atom. The van der Waals surface area contributed by atoms with E-state index in [9.17, 15) is 4.39 Å². The highest BCUT2D eigenvalue weighted by molar-refractivity contribution is 7.98. The maximum absolute atomic E-state index is 13.0. The summed E-state index contributed by atoms with van der Waals surface area (Å²) in [5, 5.41) is 15.5. The minimum absolute atomic E-state index is 0.0918. The molecule has 28 heavy (non-hydrogen) atoms. The van der Waals surface area contributed by atoms with Gasteiger partial charge in [0.2, 0.25) is 17.1 Å². The number of nitrogens with zero attached hydrogens (tertiary/aromatic N) is 7. The zero-order valence-electron chi connectivity index (χ0n) is 14.8. The summed E-state index contributed by atoms with van der Waals surface area (Å²) < 4.78 is 20.4. The van der Waals surface area contributed by atoms with Crippen LogP contribution >= 0.6 is 11.8 Å². The van der Waals surface area contributed by atoms with Crippen molar-refractivity contribution in [1.29, 1.82) is 0 Å². The molecule has 0 aliphatic carbocycles. The van der Waals surface area contributed by atoms with E-state index in [1.165, 1.54) is 23.9 Å². The number of thioether (sulfide) groups is 1. The number of tetrazole rings is 1. The predicted octanol–water partition coefficient (Wildman–Crippen LogP) is 1.79. The van der Waals surface area contributed by atoms with Gasteiger partial charge in [-0.1, -0.05) is 11.8 Å². The van der Waals surface area contributed by atoms with Gasteiger partial charge in [0.25, 0.3) is 0 Å². The van der Waals surface area contributed by atoms with Crippen molar-refractivity contribution < 1.29 is 9.13 Å². The number of anilines is 3. The first kappa shape index (κ1) is 18.5. The van der Waals surface area contributed by atoms with Gasteiger partial charge in [-0.05, 0) is 47.5 Å². The van der Waals surface area contributed by atoms with E-state index in [4.69, 9.17) is 10.5 Å². The van der Waals surface area contributed by atoms with Crippen molar-refractivity contribution in [2.45, 2.75) is 36.4 Å². The highest BCUT2D eigenvalue weighted by atomic mass is 32.2. The molecule has 1 fully saturated rings. The third kappa shape index (κ3) is 4.70. The molecule has 3 heterocycles. The minimum Gasteiger partial charge on any atom is -0.376 e. The fourth-order valence-corrected chi connectivity index (χ4v) is 3.49. The molecule has 0 unspecified atom stereocenters. The molecular formula is C16H18FN9OS. The van der Waals surface area contributed by atoms with Gasteiger partial charge in [0.15, 0.2) is 0 Å². The van der Waals surface area contributed by atoms with Crippen LogP contribution in [0.3, 0.4) is 0 Å². The Morgan fingerprint density at radius 3 is 2.89 bits per heavy atom. The van der Waals surface area contributed by atoms with Gasteiger partial charge in [-0.25, -0.2) is 9.07 Å². The zero-order chi connectivity index (χ0) is 19.3. The summed E-state index contributed by atoms with van der Waals surface area (Å²) in [6.07, 6.45) is 2.21. The summed E-state index contributed by atoms with van der Waals surface area (Å²) in [5.74, 6) is 0.951. The van der Waals surface area contributed by atoms with Gasteiger partial charge >= 0.3 is 0 Å². The molecule has 4 rings (SSSR count). The van der Waals surface area contributed by atoms with Crippen LogP contribution in [0.15, 0.2) is 29.4 Å². The molecule has 0 saturated carbocycles. The number of nitrogens with one attached hydrogen (secondary N) is 1. The number of hydrogen-bond acceptors (Lipinski definition) is 10. The number of halogens is 1. The zero-order valence-corrected chi connectivity index (χ0v) is 15.6. The molecule has 3 N–H and O–H groups in total. The number of hydrogen-bond donors (Lipinski definition) is 2. The second kappa shape index (κ2) is 8.44. The second-order valence-corrected chi connectivity index (χ2v) is 7.08. The topological polar surface area (TPSA) is 130 Å². The molecule has 3 aromatic rings. The van der Waals surface area contributed by atoms with E-state index >= 15 is 0 Å². The van der Waals surface area contributed by atoms with Crippen molar-refractivity contribution in [2.24, 2.45) is 0 Å². The van der Waals surface area contributed by atoms with Crippen molar-refractivity contribution in [3.05, 3.63) is 35.9 Å². The summed E-state index contributed by atoms with van der Waals surface area (Å²) in [4.78, 5) is 12.6. The number of rotatable bonds is 7. The van der Waals surface area contributed by atoms with Gasteiger partial charge in [0, 0.05) is 12.3 Å². The summed E-state index contributed by atoms with van der Waals surface area (Å²) in [7, 11) is 0. The maximum atomic E-state index is 13.0. The molecule has 12 heteroatoms. The van der Waals surface area contributed by atoms with Crippen LogP contribution < -0.4 is 11.1 Å². The number of benzene rings is 1. The fraction of sp³-hybridized carbons (Fsp3) is 0.375. The molecule has 1 aliphatic heterocycles. The quantitative estimate of drug-likeness (QED) is 0.563. The van der Waals surface area contributed by atoms with E-state index in [-0.39, 0.29) is 23.8 Å². The van der Waals surface area contributed by atoms with Gasteiger partial charge < -0.3 is 15.8 Å². The van der Waals surface area contributed by atoms with E-state index in [1.54, 1.807) is 16.8 Å². The smallest absolute Gasteiger partial charge is 0.232 e. The Balaban J connectivity index is 1.42. The molecule has 146 valence electrons. The van der Waals surface area contributed by atoms with E-state index in [1.807, 2.05) is 0 Å². The molecule has 1 saturated heterocycles. The van der Waals surface area contributed by atoms with Crippen molar-refractivity contribution in [3.8, 4) is 0 Å². The Bertz CT molecular complexity index is 930. The van der Waals surface area contributed by atoms with E-state index in [2.05, 4.69) is 35.8 Å². The Hall–Kier alpha value is -2.86. The normalized spacial score (nSPS) is 16.4. The van der Waals surface area contributed by atoms with Crippen LogP contribution in [0.4, 0.5) is 22.0 Å². The number of nitrogen functional groups attached to an aromatic ring is 1. The number of nitrogens with two attached hydrogens (primary N) is 1. The molecule has 0 radical (unpaired) electrons. The molecular weight excluding hydrogens is 385 g/mol. The first-order valence-electron chi connectivity index (χ1n) is 8.69. The summed E-state index contributed by atoms with van der Waals surface area (Å²) in [6.45, 7) is 1.40. The second-order valence-electron chi connectivity index (χ2n) is 6.13. The molecule has 2 aromatic heterocycles. The molecule has 1 aliphatic rings. The summed E-state index contributed by atoms with van der Waals surface area (Å²) in [5.41, 5.74) is 6.44. The van der Waals surface area contributed by atoms with Crippen LogP contribution in [-0.2, 0) is 17.0 Å². The van der Waals surface area contributed by atoms with Crippen LogP contribution in [0.1, 0.15) is 18.7 Å².